The van der Waals surface area contributed by atoms with Gasteiger partial charge in [-0.1, -0.05) is 12.2 Å². The highest BCUT2D eigenvalue weighted by atomic mass is 19.4. The van der Waals surface area contributed by atoms with Crippen molar-refractivity contribution in [2.24, 2.45) is 5.92 Å². The molecule has 100 valence electrons. The van der Waals surface area contributed by atoms with E-state index in [0.29, 0.717) is 6.42 Å². The van der Waals surface area contributed by atoms with Crippen LogP contribution in [0.5, 0.6) is 0 Å². The Labute approximate surface area is 94.1 Å². The molecule has 7 heteroatoms. The Balaban J connectivity index is 2.89. The van der Waals surface area contributed by atoms with Gasteiger partial charge in [-0.05, 0) is 31.6 Å². The molecule has 17 heavy (non-hydrogen) atoms. The Hall–Kier alpha value is -0.720. The van der Waals surface area contributed by atoms with E-state index in [-0.39, 0.29) is 12.8 Å². The number of aliphatic hydroxyl groups is 1. The van der Waals surface area contributed by atoms with Gasteiger partial charge in [0.1, 0.15) is 0 Å². The van der Waals surface area contributed by atoms with Crippen molar-refractivity contribution in [2.75, 3.05) is 0 Å². The third-order valence-corrected chi connectivity index (χ3v) is 2.90. The highest BCUT2D eigenvalue weighted by Crippen LogP contribution is 2.47. The standard InChI is InChI=1S/C10H12F6O/c11-9(12,13)8(17,10(14,15)16)6-7-4-2-1-3-5-7/h1-2,7,17H,3-6H2. The van der Waals surface area contributed by atoms with Crippen LogP contribution in [-0.4, -0.2) is 23.1 Å². The first-order valence-corrected chi connectivity index (χ1v) is 5.09. The van der Waals surface area contributed by atoms with Gasteiger partial charge >= 0.3 is 12.4 Å². The van der Waals surface area contributed by atoms with E-state index in [1.165, 1.54) is 0 Å². The summed E-state index contributed by atoms with van der Waals surface area (Å²) in [7, 11) is 0. The Bertz CT molecular complexity index is 276. The molecule has 0 spiro atoms. The predicted octanol–water partition coefficient (Wildman–Crippen LogP) is 3.59. The molecule has 0 saturated heterocycles. The van der Waals surface area contributed by atoms with Gasteiger partial charge in [0.15, 0.2) is 0 Å². The normalized spacial score (nSPS) is 22.9. The van der Waals surface area contributed by atoms with Crippen LogP contribution in [0, 0.1) is 5.92 Å². The number of halogens is 6. The minimum atomic E-state index is -5.70. The Kier molecular flexibility index (Phi) is 3.81. The van der Waals surface area contributed by atoms with Crippen molar-refractivity contribution in [2.45, 2.75) is 43.6 Å². The van der Waals surface area contributed by atoms with Crippen LogP contribution in [0.4, 0.5) is 26.3 Å². The van der Waals surface area contributed by atoms with Crippen molar-refractivity contribution in [3.8, 4) is 0 Å². The van der Waals surface area contributed by atoms with Crippen LogP contribution >= 0.6 is 0 Å². The second kappa shape index (κ2) is 4.51. The van der Waals surface area contributed by atoms with Crippen LogP contribution < -0.4 is 0 Å². The van der Waals surface area contributed by atoms with Gasteiger partial charge in [0.2, 0.25) is 0 Å². The lowest BCUT2D eigenvalue weighted by molar-refractivity contribution is -0.372. The first kappa shape index (κ1) is 14.3. The zero-order valence-electron chi connectivity index (χ0n) is 8.78. The van der Waals surface area contributed by atoms with Crippen LogP contribution in [0.25, 0.3) is 0 Å². The van der Waals surface area contributed by atoms with Crippen molar-refractivity contribution in [3.05, 3.63) is 12.2 Å². The van der Waals surface area contributed by atoms with E-state index in [4.69, 9.17) is 5.11 Å². The van der Waals surface area contributed by atoms with Gasteiger partial charge in [0.05, 0.1) is 0 Å². The molecule has 0 aromatic carbocycles. The molecule has 0 fully saturated rings. The van der Waals surface area contributed by atoms with E-state index in [1.54, 1.807) is 12.2 Å². The lowest BCUT2D eigenvalue weighted by Gasteiger charge is -2.35. The number of hydrogen-bond donors (Lipinski definition) is 1. The molecule has 0 heterocycles. The van der Waals surface area contributed by atoms with Crippen molar-refractivity contribution < 1.29 is 31.4 Å². The molecule has 0 amide bonds. The third-order valence-electron chi connectivity index (χ3n) is 2.90. The fraction of sp³-hybridized carbons (Fsp3) is 0.800. The molecule has 1 aliphatic carbocycles. The maximum atomic E-state index is 12.4. The minimum Gasteiger partial charge on any atom is -0.374 e. The van der Waals surface area contributed by atoms with E-state index in [2.05, 4.69) is 0 Å². The summed E-state index contributed by atoms with van der Waals surface area (Å²) in [4.78, 5) is 0. The molecule has 1 atom stereocenters. The van der Waals surface area contributed by atoms with Crippen LogP contribution in [0.3, 0.4) is 0 Å². The monoisotopic (exact) mass is 262 g/mol. The Morgan fingerprint density at radius 3 is 1.88 bits per heavy atom. The Morgan fingerprint density at radius 2 is 1.53 bits per heavy atom. The molecule has 0 bridgehead atoms. The average Bonchev–Trinajstić information content (AvgIpc) is 2.15. The van der Waals surface area contributed by atoms with Gasteiger partial charge in [0.25, 0.3) is 5.60 Å². The maximum absolute atomic E-state index is 12.4. The lowest BCUT2D eigenvalue weighted by Crippen LogP contribution is -2.57. The molecule has 0 saturated carbocycles. The van der Waals surface area contributed by atoms with Crippen LogP contribution in [0.1, 0.15) is 25.7 Å². The van der Waals surface area contributed by atoms with Crippen LogP contribution in [0.2, 0.25) is 0 Å². The van der Waals surface area contributed by atoms with Crippen LogP contribution in [0.15, 0.2) is 12.2 Å². The first-order valence-electron chi connectivity index (χ1n) is 5.09. The SMILES string of the molecule is OC(CC1CC=CCC1)(C(F)(F)F)C(F)(F)F. The van der Waals surface area contributed by atoms with Gasteiger partial charge in [-0.15, -0.1) is 0 Å². The zero-order valence-corrected chi connectivity index (χ0v) is 8.78. The van der Waals surface area contributed by atoms with Crippen molar-refractivity contribution in [3.63, 3.8) is 0 Å². The quantitative estimate of drug-likeness (QED) is 0.595. The summed E-state index contributed by atoms with van der Waals surface area (Å²) >= 11 is 0. The topological polar surface area (TPSA) is 20.2 Å². The largest absolute Gasteiger partial charge is 0.426 e. The fourth-order valence-corrected chi connectivity index (χ4v) is 1.85. The molecule has 0 radical (unpaired) electrons. The number of alkyl halides is 6. The van der Waals surface area contributed by atoms with E-state index >= 15 is 0 Å². The zero-order chi connectivity index (χ0) is 13.3. The maximum Gasteiger partial charge on any atom is 0.426 e. The molecule has 1 rings (SSSR count). The number of hydrogen-bond acceptors (Lipinski definition) is 1. The lowest BCUT2D eigenvalue weighted by atomic mass is 9.82. The minimum absolute atomic E-state index is 0.133. The second-order valence-electron chi connectivity index (χ2n) is 4.21. The van der Waals surface area contributed by atoms with Crippen molar-refractivity contribution in [1.29, 1.82) is 0 Å². The Morgan fingerprint density at radius 1 is 1.00 bits per heavy atom. The number of rotatable bonds is 2. The fourth-order valence-electron chi connectivity index (χ4n) is 1.85. The average molecular weight is 262 g/mol. The molecular formula is C10H12F6O. The highest BCUT2D eigenvalue weighted by Gasteiger charge is 2.70. The van der Waals surface area contributed by atoms with Gasteiger partial charge in [-0.2, -0.15) is 26.3 Å². The van der Waals surface area contributed by atoms with E-state index in [9.17, 15) is 26.3 Å². The van der Waals surface area contributed by atoms with Crippen molar-refractivity contribution >= 4 is 0 Å². The molecule has 0 aliphatic heterocycles. The van der Waals surface area contributed by atoms with Gasteiger partial charge < -0.3 is 5.11 Å². The molecule has 0 aromatic heterocycles. The van der Waals surface area contributed by atoms with E-state index in [1.807, 2.05) is 0 Å². The second-order valence-corrected chi connectivity index (χ2v) is 4.21. The van der Waals surface area contributed by atoms with E-state index in [0.717, 1.165) is 0 Å². The molecular weight excluding hydrogens is 250 g/mol. The summed E-state index contributed by atoms with van der Waals surface area (Å²) in [5, 5.41) is 8.96. The first-order chi connectivity index (χ1) is 7.58. The molecule has 1 aliphatic rings. The molecule has 0 aromatic rings. The third kappa shape index (κ3) is 2.94. The summed E-state index contributed by atoms with van der Waals surface area (Å²) in [6, 6.07) is 0. The van der Waals surface area contributed by atoms with Gasteiger partial charge in [-0.3, -0.25) is 0 Å². The van der Waals surface area contributed by atoms with Gasteiger partial charge in [-0.25, -0.2) is 0 Å². The summed E-state index contributed by atoms with van der Waals surface area (Å²) < 4.78 is 74.2. The summed E-state index contributed by atoms with van der Waals surface area (Å²) in [5.41, 5.74) is -4.60. The van der Waals surface area contributed by atoms with Crippen LogP contribution in [-0.2, 0) is 0 Å². The summed E-state index contributed by atoms with van der Waals surface area (Å²) in [6.45, 7) is 0. The summed E-state index contributed by atoms with van der Waals surface area (Å²) in [6.07, 6.45) is -8.68. The van der Waals surface area contributed by atoms with E-state index < -0.39 is 30.3 Å². The molecule has 1 nitrogen and oxygen atoms in total. The highest BCUT2D eigenvalue weighted by molar-refractivity contribution is 4.99. The smallest absolute Gasteiger partial charge is 0.374 e. The predicted molar refractivity (Wildman–Crippen MR) is 48.2 cm³/mol. The number of allylic oxidation sites excluding steroid dienone is 2. The molecule has 1 N–H and O–H groups in total. The van der Waals surface area contributed by atoms with Crippen molar-refractivity contribution in [1.82, 2.24) is 0 Å². The van der Waals surface area contributed by atoms with Gasteiger partial charge in [0, 0.05) is 0 Å². The molecule has 1 unspecified atom stereocenters. The summed E-state index contributed by atoms with van der Waals surface area (Å²) in [5.74, 6) is -0.798.